The number of rotatable bonds is 2. The Morgan fingerprint density at radius 1 is 0.692 bits per heavy atom. The van der Waals surface area contributed by atoms with Crippen LogP contribution in [0.25, 0.3) is 0 Å². The third-order valence-electron chi connectivity index (χ3n) is 18.0. The average molecular weight is 719 g/mol. The van der Waals surface area contributed by atoms with Crippen molar-refractivity contribution in [1.29, 1.82) is 0 Å². The number of nitrogens with zero attached hydrogens (tertiary/aromatic N) is 2. The van der Waals surface area contributed by atoms with Crippen molar-refractivity contribution in [3.63, 3.8) is 0 Å². The minimum absolute atomic E-state index is 0.0804. The number of aliphatic hydroxyl groups is 5. The highest BCUT2D eigenvalue weighted by molar-refractivity contribution is 5.92. The number of Topliss-reactive ketones (excluding diaryl/α,β-unsaturated/α-hetero) is 1. The molecule has 8 nitrogen and oxygen atoms in total. The first kappa shape index (κ1) is 37.2. The van der Waals surface area contributed by atoms with E-state index >= 15 is 0 Å². The highest BCUT2D eigenvalue weighted by Crippen LogP contribution is 2.67. The molecule has 0 bridgehead atoms. The van der Waals surface area contributed by atoms with Crippen LogP contribution < -0.4 is 0 Å². The van der Waals surface area contributed by atoms with Gasteiger partial charge in [0.05, 0.1) is 48.2 Å². The molecule has 9 rings (SSSR count). The number of pyridine rings is 1. The first-order chi connectivity index (χ1) is 24.7. The lowest BCUT2D eigenvalue weighted by Gasteiger charge is -2.62. The zero-order valence-corrected chi connectivity index (χ0v) is 32.2. The van der Waals surface area contributed by atoms with E-state index in [1.165, 1.54) is 25.0 Å². The standard InChI is InChI=1S/C25H36N2O2.C19H30O4/c1-24-10-8-18(28)13-16(24)14-21(29)23-19-6-7-22(25(19,2)11-9-20(23)24)27-15-17-5-3-4-12-26-17;1-18-6-5-11(20)7-10(18)8-14(21)17-12-3-4-15(22)19(12,2)16(23)9-13(17)18/h3-5,12,16,18-21,23,28-29H,6-11,13-15H2,1-2H3;10-14,16-17,20-21,23H,3-9H2,1-2H3/t16?,18-,19+,20+,21-,23+,24+,25+;10?,11-,12+,13+,14-,16-,17+,18+,19+/m11/s1. The van der Waals surface area contributed by atoms with Gasteiger partial charge in [-0.3, -0.25) is 14.8 Å². The van der Waals surface area contributed by atoms with E-state index in [1.54, 1.807) is 0 Å². The van der Waals surface area contributed by atoms with Gasteiger partial charge in [0, 0.05) is 23.7 Å². The Bertz CT molecular complexity index is 1520. The molecule has 8 saturated carbocycles. The fraction of sp³-hybridized carbons (Fsp3) is 0.841. The van der Waals surface area contributed by atoms with Crippen LogP contribution in [0.2, 0.25) is 0 Å². The largest absolute Gasteiger partial charge is 0.393 e. The Morgan fingerprint density at radius 2 is 1.31 bits per heavy atom. The van der Waals surface area contributed by atoms with Gasteiger partial charge in [-0.1, -0.05) is 26.8 Å². The van der Waals surface area contributed by atoms with Crippen molar-refractivity contribution in [1.82, 2.24) is 4.98 Å². The average Bonchev–Trinajstić information content (AvgIpc) is 3.62. The van der Waals surface area contributed by atoms with Crippen molar-refractivity contribution in [2.75, 3.05) is 0 Å². The second-order valence-electron chi connectivity index (χ2n) is 20.0. The van der Waals surface area contributed by atoms with Gasteiger partial charge < -0.3 is 25.5 Å². The summed E-state index contributed by atoms with van der Waals surface area (Å²) in [6.07, 6.45) is 14.0. The summed E-state index contributed by atoms with van der Waals surface area (Å²) in [7, 11) is 0. The number of carbonyl (C=O) groups excluding carboxylic acids is 1. The van der Waals surface area contributed by atoms with E-state index in [2.05, 4.69) is 31.8 Å². The summed E-state index contributed by atoms with van der Waals surface area (Å²) in [4.78, 5) is 22.0. The first-order valence-corrected chi connectivity index (χ1v) is 21.1. The summed E-state index contributed by atoms with van der Waals surface area (Å²) in [6.45, 7) is 9.80. The molecule has 8 aliphatic rings. The molecule has 2 unspecified atom stereocenters. The third-order valence-corrected chi connectivity index (χ3v) is 18.0. The zero-order valence-electron chi connectivity index (χ0n) is 32.2. The van der Waals surface area contributed by atoms with Crippen LogP contribution in [0.1, 0.15) is 130 Å². The molecule has 8 fully saturated rings. The van der Waals surface area contributed by atoms with E-state index < -0.39 is 17.6 Å². The Hall–Kier alpha value is -1.71. The predicted molar refractivity (Wildman–Crippen MR) is 200 cm³/mol. The molecule has 0 saturated heterocycles. The molecule has 0 spiro atoms. The SMILES string of the molecule is C[C@@]12C(=O)CC[C@H]1[C@@H]1[C@H](O)CC3C[C@H](O)CC[C@]3(C)[C@H]1C[C@H]2O.C[C@]12CC[C@@H](O)CC1C[C@@H](O)[C@@H]1[C@@H]2CC[C@]2(C)C(=NCc3ccccn3)CC[C@@H]12. The van der Waals surface area contributed by atoms with E-state index in [4.69, 9.17) is 4.99 Å². The van der Waals surface area contributed by atoms with Gasteiger partial charge in [-0.2, -0.15) is 0 Å². The van der Waals surface area contributed by atoms with Crippen molar-refractivity contribution in [3.05, 3.63) is 30.1 Å². The van der Waals surface area contributed by atoms with E-state index in [0.717, 1.165) is 69.9 Å². The van der Waals surface area contributed by atoms with Crippen molar-refractivity contribution < 1.29 is 30.3 Å². The van der Waals surface area contributed by atoms with E-state index in [9.17, 15) is 30.3 Å². The van der Waals surface area contributed by atoms with E-state index in [0.29, 0.717) is 49.0 Å². The van der Waals surface area contributed by atoms with Gasteiger partial charge in [0.25, 0.3) is 0 Å². The second-order valence-corrected chi connectivity index (χ2v) is 20.0. The normalized spacial score (nSPS) is 53.0. The monoisotopic (exact) mass is 718 g/mol. The van der Waals surface area contributed by atoms with Gasteiger partial charge in [0.2, 0.25) is 0 Å². The van der Waals surface area contributed by atoms with Gasteiger partial charge in [-0.15, -0.1) is 0 Å². The molecule has 0 radical (unpaired) electrons. The number of aromatic nitrogens is 1. The first-order valence-electron chi connectivity index (χ1n) is 21.1. The summed E-state index contributed by atoms with van der Waals surface area (Å²) in [6, 6.07) is 6.04. The molecule has 0 aliphatic heterocycles. The smallest absolute Gasteiger partial charge is 0.141 e. The van der Waals surface area contributed by atoms with Gasteiger partial charge in [0.15, 0.2) is 0 Å². The highest BCUT2D eigenvalue weighted by atomic mass is 16.3. The molecule has 17 atom stereocenters. The number of hydrogen-bond donors (Lipinski definition) is 5. The molecular formula is C44H66N2O6. The summed E-state index contributed by atoms with van der Waals surface area (Å²) in [5.74, 6) is 3.04. The molecule has 5 N–H and O–H groups in total. The quantitative estimate of drug-likeness (QED) is 0.242. The van der Waals surface area contributed by atoms with Gasteiger partial charge >= 0.3 is 0 Å². The zero-order chi connectivity index (χ0) is 36.8. The molecule has 0 amide bonds. The number of ketones is 1. The lowest BCUT2D eigenvalue weighted by atomic mass is 9.44. The summed E-state index contributed by atoms with van der Waals surface area (Å²) >= 11 is 0. The molecule has 1 aromatic heterocycles. The molecule has 52 heavy (non-hydrogen) atoms. The Kier molecular flexibility index (Phi) is 9.66. The lowest BCUT2D eigenvalue weighted by Crippen LogP contribution is -2.62. The number of aliphatic imine (C=N–C) groups is 1. The fourth-order valence-electron chi connectivity index (χ4n) is 14.9. The fourth-order valence-corrected chi connectivity index (χ4v) is 14.9. The lowest BCUT2D eigenvalue weighted by molar-refractivity contribution is -0.197. The third kappa shape index (κ3) is 5.73. The summed E-state index contributed by atoms with van der Waals surface area (Å²) < 4.78 is 0. The van der Waals surface area contributed by atoms with Crippen LogP contribution in [-0.2, 0) is 11.3 Å². The molecular weight excluding hydrogens is 652 g/mol. The van der Waals surface area contributed by atoms with Crippen LogP contribution in [0.5, 0.6) is 0 Å². The van der Waals surface area contributed by atoms with Crippen LogP contribution >= 0.6 is 0 Å². The molecule has 1 aromatic rings. The van der Waals surface area contributed by atoms with Gasteiger partial charge in [0.1, 0.15) is 5.78 Å². The Morgan fingerprint density at radius 3 is 1.94 bits per heavy atom. The minimum atomic E-state index is -0.653. The van der Waals surface area contributed by atoms with Gasteiger partial charge in [-0.05, 0) is 167 Å². The van der Waals surface area contributed by atoms with Crippen molar-refractivity contribution in [2.24, 2.45) is 74.0 Å². The van der Waals surface area contributed by atoms with Crippen LogP contribution in [0.4, 0.5) is 0 Å². The van der Waals surface area contributed by atoms with Crippen molar-refractivity contribution in [3.8, 4) is 0 Å². The van der Waals surface area contributed by atoms with Gasteiger partial charge in [-0.25, -0.2) is 0 Å². The predicted octanol–water partition coefficient (Wildman–Crippen LogP) is 6.30. The van der Waals surface area contributed by atoms with Crippen LogP contribution in [0, 0.1) is 69.0 Å². The number of carbonyl (C=O) groups is 1. The molecule has 0 aromatic carbocycles. The molecule has 288 valence electrons. The van der Waals surface area contributed by atoms with Crippen LogP contribution in [0.15, 0.2) is 29.4 Å². The summed E-state index contributed by atoms with van der Waals surface area (Å²) in [5.41, 5.74) is 2.25. The molecule has 8 heteroatoms. The van der Waals surface area contributed by atoms with Crippen LogP contribution in [-0.4, -0.2) is 72.5 Å². The molecule has 8 aliphatic carbocycles. The topological polar surface area (TPSA) is 143 Å². The second kappa shape index (κ2) is 13.5. The van der Waals surface area contributed by atoms with E-state index in [-0.39, 0.29) is 58.1 Å². The van der Waals surface area contributed by atoms with Crippen molar-refractivity contribution in [2.45, 2.75) is 161 Å². The maximum atomic E-state index is 12.5. The highest BCUT2D eigenvalue weighted by Gasteiger charge is 2.66. The molecule has 1 heterocycles. The van der Waals surface area contributed by atoms with Crippen molar-refractivity contribution >= 4 is 11.5 Å². The minimum Gasteiger partial charge on any atom is -0.393 e. The Balaban J connectivity index is 0.000000153. The maximum absolute atomic E-state index is 12.5. The van der Waals surface area contributed by atoms with Crippen LogP contribution in [0.3, 0.4) is 0 Å². The van der Waals surface area contributed by atoms with E-state index in [1.807, 2.05) is 25.3 Å². The number of hydrogen-bond acceptors (Lipinski definition) is 8. The maximum Gasteiger partial charge on any atom is 0.141 e. The summed E-state index contributed by atoms with van der Waals surface area (Å²) in [5, 5.41) is 53.3. The number of fused-ring (bicyclic) bond motifs is 10. The number of aliphatic hydroxyl groups excluding tert-OH is 5. The Labute approximate surface area is 311 Å².